The summed E-state index contributed by atoms with van der Waals surface area (Å²) in [5, 5.41) is 0. The molecule has 1 aliphatic rings. The van der Waals surface area contributed by atoms with Crippen LogP contribution in [0.2, 0.25) is 0 Å². The Morgan fingerprint density at radius 2 is 2.33 bits per heavy atom. The molecule has 1 rings (SSSR count). The van der Waals surface area contributed by atoms with Gasteiger partial charge in [-0.25, -0.2) is 0 Å². The van der Waals surface area contributed by atoms with Crippen LogP contribution in [0.25, 0.3) is 0 Å². The van der Waals surface area contributed by atoms with Crippen LogP contribution in [-0.2, 0) is 14.3 Å². The standard InChI is InChI=1S/C9H16O3/c1-6(2)4-7-5-8(10)12-9(7)11-3/h6-7,9H,4-5H2,1-3H3. The number of hydrogen-bond donors (Lipinski definition) is 0. The topological polar surface area (TPSA) is 35.5 Å². The van der Waals surface area contributed by atoms with Crippen LogP contribution in [0.3, 0.4) is 0 Å². The van der Waals surface area contributed by atoms with Gasteiger partial charge in [0.1, 0.15) is 0 Å². The molecule has 0 spiro atoms. The Labute approximate surface area is 73.0 Å². The summed E-state index contributed by atoms with van der Waals surface area (Å²) >= 11 is 0. The predicted molar refractivity (Wildman–Crippen MR) is 44.5 cm³/mol. The van der Waals surface area contributed by atoms with Gasteiger partial charge in [-0.3, -0.25) is 4.79 Å². The van der Waals surface area contributed by atoms with E-state index in [-0.39, 0.29) is 18.2 Å². The Kier molecular flexibility index (Phi) is 3.09. The van der Waals surface area contributed by atoms with Crippen molar-refractivity contribution in [1.29, 1.82) is 0 Å². The number of hydrogen-bond acceptors (Lipinski definition) is 3. The van der Waals surface area contributed by atoms with Gasteiger partial charge in [-0.1, -0.05) is 13.8 Å². The van der Waals surface area contributed by atoms with E-state index in [4.69, 9.17) is 9.47 Å². The summed E-state index contributed by atoms with van der Waals surface area (Å²) in [5.74, 6) is 0.706. The van der Waals surface area contributed by atoms with Crippen LogP contribution in [0.5, 0.6) is 0 Å². The van der Waals surface area contributed by atoms with Crippen LogP contribution in [0, 0.1) is 11.8 Å². The van der Waals surface area contributed by atoms with E-state index in [1.165, 1.54) is 0 Å². The average Bonchev–Trinajstić information content (AvgIpc) is 2.29. The van der Waals surface area contributed by atoms with Gasteiger partial charge in [0.25, 0.3) is 0 Å². The van der Waals surface area contributed by atoms with Gasteiger partial charge in [0.2, 0.25) is 6.29 Å². The second-order valence-corrected chi connectivity index (χ2v) is 3.69. The SMILES string of the molecule is COC1OC(=O)CC1CC(C)C. The summed E-state index contributed by atoms with van der Waals surface area (Å²) in [5.41, 5.74) is 0. The third-order valence-corrected chi connectivity index (χ3v) is 2.07. The van der Waals surface area contributed by atoms with Gasteiger partial charge in [0.15, 0.2) is 0 Å². The Morgan fingerprint density at radius 1 is 1.67 bits per heavy atom. The molecule has 0 aromatic heterocycles. The van der Waals surface area contributed by atoms with Crippen molar-refractivity contribution in [2.45, 2.75) is 33.0 Å². The van der Waals surface area contributed by atoms with Gasteiger partial charge < -0.3 is 9.47 Å². The largest absolute Gasteiger partial charge is 0.435 e. The van der Waals surface area contributed by atoms with Crippen molar-refractivity contribution in [3.8, 4) is 0 Å². The predicted octanol–water partition coefficient (Wildman–Crippen LogP) is 1.57. The molecule has 1 fully saturated rings. The lowest BCUT2D eigenvalue weighted by Crippen LogP contribution is -2.19. The molecule has 2 unspecified atom stereocenters. The van der Waals surface area contributed by atoms with E-state index in [1.807, 2.05) is 0 Å². The van der Waals surface area contributed by atoms with Gasteiger partial charge in [-0.15, -0.1) is 0 Å². The fourth-order valence-electron chi connectivity index (χ4n) is 1.62. The van der Waals surface area contributed by atoms with E-state index in [2.05, 4.69) is 13.8 Å². The van der Waals surface area contributed by atoms with Crippen LogP contribution in [-0.4, -0.2) is 19.4 Å². The summed E-state index contributed by atoms with van der Waals surface area (Å²) < 4.78 is 10.0. The molecule has 12 heavy (non-hydrogen) atoms. The number of carbonyl (C=O) groups excluding carboxylic acids is 1. The molecule has 3 nitrogen and oxygen atoms in total. The number of methoxy groups -OCH3 is 1. The zero-order valence-electron chi connectivity index (χ0n) is 7.87. The highest BCUT2D eigenvalue weighted by molar-refractivity contribution is 5.71. The van der Waals surface area contributed by atoms with Crippen LogP contribution in [0.4, 0.5) is 0 Å². The molecular weight excluding hydrogens is 156 g/mol. The third-order valence-electron chi connectivity index (χ3n) is 2.07. The van der Waals surface area contributed by atoms with E-state index >= 15 is 0 Å². The summed E-state index contributed by atoms with van der Waals surface area (Å²) in [4.78, 5) is 10.9. The lowest BCUT2D eigenvalue weighted by molar-refractivity contribution is -0.161. The van der Waals surface area contributed by atoms with E-state index in [1.54, 1.807) is 7.11 Å². The molecule has 0 aliphatic carbocycles. The Hall–Kier alpha value is -0.570. The fraction of sp³-hybridized carbons (Fsp3) is 0.889. The van der Waals surface area contributed by atoms with Crippen molar-refractivity contribution in [2.75, 3.05) is 7.11 Å². The van der Waals surface area contributed by atoms with Crippen LogP contribution >= 0.6 is 0 Å². The van der Waals surface area contributed by atoms with Crippen molar-refractivity contribution in [1.82, 2.24) is 0 Å². The summed E-state index contributed by atoms with van der Waals surface area (Å²) in [6, 6.07) is 0. The lowest BCUT2D eigenvalue weighted by atomic mass is 9.95. The molecule has 0 bridgehead atoms. The first-order valence-corrected chi connectivity index (χ1v) is 4.35. The average molecular weight is 172 g/mol. The highest BCUT2D eigenvalue weighted by Crippen LogP contribution is 2.28. The van der Waals surface area contributed by atoms with Crippen molar-refractivity contribution in [3.05, 3.63) is 0 Å². The highest BCUT2D eigenvalue weighted by Gasteiger charge is 2.34. The zero-order chi connectivity index (χ0) is 9.14. The van der Waals surface area contributed by atoms with Crippen molar-refractivity contribution >= 4 is 5.97 Å². The monoisotopic (exact) mass is 172 g/mol. The Balaban J connectivity index is 2.46. The van der Waals surface area contributed by atoms with Crippen LogP contribution < -0.4 is 0 Å². The molecule has 70 valence electrons. The number of esters is 1. The molecule has 1 aliphatic heterocycles. The highest BCUT2D eigenvalue weighted by atomic mass is 16.7. The molecule has 3 heteroatoms. The van der Waals surface area contributed by atoms with E-state index in [9.17, 15) is 4.79 Å². The molecule has 0 aromatic rings. The summed E-state index contributed by atoms with van der Waals surface area (Å²) in [6.07, 6.45) is 1.20. The summed E-state index contributed by atoms with van der Waals surface area (Å²) in [7, 11) is 1.58. The number of ether oxygens (including phenoxy) is 2. The number of rotatable bonds is 3. The Bertz CT molecular complexity index is 165. The van der Waals surface area contributed by atoms with Gasteiger partial charge in [-0.2, -0.15) is 0 Å². The quantitative estimate of drug-likeness (QED) is 0.606. The maximum Gasteiger partial charge on any atom is 0.308 e. The second kappa shape index (κ2) is 3.90. The van der Waals surface area contributed by atoms with E-state index < -0.39 is 0 Å². The fourth-order valence-corrected chi connectivity index (χ4v) is 1.62. The molecule has 0 radical (unpaired) electrons. The zero-order valence-corrected chi connectivity index (χ0v) is 7.87. The van der Waals surface area contributed by atoms with E-state index in [0.29, 0.717) is 12.3 Å². The molecule has 0 amide bonds. The maximum atomic E-state index is 10.9. The maximum absolute atomic E-state index is 10.9. The normalized spacial score (nSPS) is 29.5. The molecule has 0 N–H and O–H groups in total. The number of cyclic esters (lactones) is 1. The summed E-state index contributed by atoms with van der Waals surface area (Å²) in [6.45, 7) is 4.27. The lowest BCUT2D eigenvalue weighted by Gasteiger charge is -2.16. The molecule has 1 heterocycles. The van der Waals surface area contributed by atoms with Gasteiger partial charge in [0.05, 0.1) is 6.42 Å². The third kappa shape index (κ3) is 2.21. The van der Waals surface area contributed by atoms with E-state index in [0.717, 1.165) is 6.42 Å². The second-order valence-electron chi connectivity index (χ2n) is 3.69. The smallest absolute Gasteiger partial charge is 0.308 e. The van der Waals surface area contributed by atoms with Crippen molar-refractivity contribution in [3.63, 3.8) is 0 Å². The minimum Gasteiger partial charge on any atom is -0.435 e. The first-order chi connectivity index (χ1) is 5.63. The molecule has 0 saturated carbocycles. The van der Waals surface area contributed by atoms with Gasteiger partial charge in [0, 0.05) is 13.0 Å². The first-order valence-electron chi connectivity index (χ1n) is 4.35. The molecule has 0 aromatic carbocycles. The minimum atomic E-state index is -0.306. The van der Waals surface area contributed by atoms with Gasteiger partial charge >= 0.3 is 5.97 Å². The van der Waals surface area contributed by atoms with Crippen LogP contribution in [0.15, 0.2) is 0 Å². The van der Waals surface area contributed by atoms with Crippen molar-refractivity contribution in [2.24, 2.45) is 11.8 Å². The Morgan fingerprint density at radius 3 is 2.83 bits per heavy atom. The van der Waals surface area contributed by atoms with Gasteiger partial charge in [-0.05, 0) is 12.3 Å². The molecular formula is C9H16O3. The number of carbonyl (C=O) groups is 1. The van der Waals surface area contributed by atoms with Crippen LogP contribution in [0.1, 0.15) is 26.7 Å². The minimum absolute atomic E-state index is 0.132. The first kappa shape index (κ1) is 9.52. The molecule has 1 saturated heterocycles. The van der Waals surface area contributed by atoms with Crippen molar-refractivity contribution < 1.29 is 14.3 Å². The molecule has 2 atom stereocenters.